The molecular formula is C15H22F2IN3O. The molecule has 1 aromatic carbocycles. The van der Waals surface area contributed by atoms with Gasteiger partial charge in [0.15, 0.2) is 5.96 Å². The third kappa shape index (κ3) is 6.33. The molecule has 2 N–H and O–H groups in total. The van der Waals surface area contributed by atoms with Crippen molar-refractivity contribution in [2.45, 2.75) is 32.9 Å². The van der Waals surface area contributed by atoms with Crippen molar-refractivity contribution in [3.8, 4) is 5.75 Å². The van der Waals surface area contributed by atoms with E-state index in [1.165, 1.54) is 12.8 Å². The molecule has 0 spiro atoms. The van der Waals surface area contributed by atoms with Gasteiger partial charge < -0.3 is 15.4 Å². The summed E-state index contributed by atoms with van der Waals surface area (Å²) in [7, 11) is 1.69. The van der Waals surface area contributed by atoms with E-state index in [1.807, 2.05) is 13.0 Å². The highest BCUT2D eigenvalue weighted by Crippen LogP contribution is 2.27. The number of nitrogens with one attached hydrogen (secondary N) is 2. The highest BCUT2D eigenvalue weighted by Gasteiger charge is 2.21. The van der Waals surface area contributed by atoms with E-state index in [4.69, 9.17) is 0 Å². The third-order valence-corrected chi connectivity index (χ3v) is 3.36. The fourth-order valence-corrected chi connectivity index (χ4v) is 2.02. The van der Waals surface area contributed by atoms with E-state index in [9.17, 15) is 8.78 Å². The second-order valence-electron chi connectivity index (χ2n) is 5.24. The average molecular weight is 425 g/mol. The van der Waals surface area contributed by atoms with E-state index >= 15 is 0 Å². The summed E-state index contributed by atoms with van der Waals surface area (Å²) in [6, 6.07) is 5.15. The molecule has 1 fully saturated rings. The van der Waals surface area contributed by atoms with E-state index in [1.54, 1.807) is 19.2 Å². The maximum Gasteiger partial charge on any atom is 0.387 e. The molecule has 1 aliphatic carbocycles. The number of hydrogen-bond acceptors (Lipinski definition) is 2. The van der Waals surface area contributed by atoms with Crippen LogP contribution in [0.3, 0.4) is 0 Å². The summed E-state index contributed by atoms with van der Waals surface area (Å²) in [6.45, 7) is 0.372. The SMILES string of the molecule is CN=C(NCc1cc(C)ccc1OC(F)F)NCC1CC1.I. The van der Waals surface area contributed by atoms with Crippen molar-refractivity contribution in [2.75, 3.05) is 13.6 Å². The van der Waals surface area contributed by atoms with E-state index in [2.05, 4.69) is 20.4 Å². The average Bonchev–Trinajstić information content (AvgIpc) is 3.25. The number of benzene rings is 1. The summed E-state index contributed by atoms with van der Waals surface area (Å²) < 4.78 is 29.3. The summed E-state index contributed by atoms with van der Waals surface area (Å²) in [5.74, 6) is 1.60. The van der Waals surface area contributed by atoms with Crippen LogP contribution in [0.4, 0.5) is 8.78 Å². The van der Waals surface area contributed by atoms with Crippen LogP contribution in [0, 0.1) is 12.8 Å². The van der Waals surface area contributed by atoms with Crippen LogP contribution in [0.25, 0.3) is 0 Å². The second-order valence-corrected chi connectivity index (χ2v) is 5.24. The van der Waals surface area contributed by atoms with Gasteiger partial charge in [0.25, 0.3) is 0 Å². The standard InChI is InChI=1S/C15H21F2N3O.HI/c1-10-3-6-13(21-14(16)17)12(7-10)9-20-15(18-2)19-8-11-4-5-11;/h3,6-7,11,14H,4-5,8-9H2,1-2H3,(H2,18,19,20);1H. The van der Waals surface area contributed by atoms with E-state index < -0.39 is 6.61 Å². The zero-order valence-electron chi connectivity index (χ0n) is 12.7. The Morgan fingerprint density at radius 1 is 1.36 bits per heavy atom. The van der Waals surface area contributed by atoms with E-state index in [-0.39, 0.29) is 29.7 Å². The molecule has 22 heavy (non-hydrogen) atoms. The Hall–Kier alpha value is -1.12. The Labute approximate surface area is 146 Å². The van der Waals surface area contributed by atoms with Gasteiger partial charge in [0.1, 0.15) is 5.75 Å². The van der Waals surface area contributed by atoms with E-state index in [0.29, 0.717) is 18.1 Å². The highest BCUT2D eigenvalue weighted by atomic mass is 127. The molecule has 0 amide bonds. The van der Waals surface area contributed by atoms with Gasteiger partial charge in [-0.05, 0) is 31.7 Å². The minimum Gasteiger partial charge on any atom is -0.434 e. The van der Waals surface area contributed by atoms with Crippen LogP contribution in [0.5, 0.6) is 5.75 Å². The number of aliphatic imine (C=N–C) groups is 1. The summed E-state index contributed by atoms with van der Waals surface area (Å²) in [5, 5.41) is 6.35. The van der Waals surface area contributed by atoms with Gasteiger partial charge in [-0.2, -0.15) is 8.78 Å². The predicted octanol–water partition coefficient (Wildman–Crippen LogP) is 3.29. The Kier molecular flexibility index (Phi) is 7.84. The normalized spacial score (nSPS) is 14.5. The molecule has 0 bridgehead atoms. The third-order valence-electron chi connectivity index (χ3n) is 3.36. The number of aryl methyl sites for hydroxylation is 1. The van der Waals surface area contributed by atoms with Gasteiger partial charge in [-0.25, -0.2) is 0 Å². The van der Waals surface area contributed by atoms with Crippen molar-refractivity contribution in [3.63, 3.8) is 0 Å². The number of guanidine groups is 1. The van der Waals surface area contributed by atoms with Gasteiger partial charge in [-0.15, -0.1) is 24.0 Å². The summed E-state index contributed by atoms with van der Waals surface area (Å²) in [5.41, 5.74) is 1.68. The monoisotopic (exact) mass is 425 g/mol. The molecule has 4 nitrogen and oxygen atoms in total. The van der Waals surface area contributed by atoms with Crippen molar-refractivity contribution in [1.82, 2.24) is 10.6 Å². The van der Waals surface area contributed by atoms with Gasteiger partial charge >= 0.3 is 6.61 Å². The number of hydrogen-bond donors (Lipinski definition) is 2. The fraction of sp³-hybridized carbons (Fsp3) is 0.533. The van der Waals surface area contributed by atoms with Crippen LogP contribution >= 0.6 is 24.0 Å². The highest BCUT2D eigenvalue weighted by molar-refractivity contribution is 14.0. The molecular weight excluding hydrogens is 403 g/mol. The first kappa shape index (κ1) is 18.9. The summed E-state index contributed by atoms with van der Waals surface area (Å²) >= 11 is 0. The lowest BCUT2D eigenvalue weighted by Crippen LogP contribution is -2.37. The molecule has 0 atom stereocenters. The second kappa shape index (κ2) is 9.12. The Morgan fingerprint density at radius 2 is 2.09 bits per heavy atom. The summed E-state index contributed by atoms with van der Waals surface area (Å²) in [6.07, 6.45) is 2.52. The quantitative estimate of drug-likeness (QED) is 0.418. The van der Waals surface area contributed by atoms with Crippen LogP contribution in [0.1, 0.15) is 24.0 Å². The van der Waals surface area contributed by atoms with Gasteiger partial charge in [0.2, 0.25) is 0 Å². The van der Waals surface area contributed by atoms with Crippen molar-refractivity contribution < 1.29 is 13.5 Å². The van der Waals surface area contributed by atoms with Crippen molar-refractivity contribution in [1.29, 1.82) is 0 Å². The number of rotatable bonds is 6. The number of halogens is 3. The van der Waals surface area contributed by atoms with Crippen LogP contribution in [0.2, 0.25) is 0 Å². The predicted molar refractivity (Wildman–Crippen MR) is 94.2 cm³/mol. The number of ether oxygens (including phenoxy) is 1. The maximum atomic E-state index is 12.4. The molecule has 124 valence electrons. The lowest BCUT2D eigenvalue weighted by atomic mass is 10.1. The molecule has 0 radical (unpaired) electrons. The van der Waals surface area contributed by atoms with Gasteiger partial charge in [0, 0.05) is 25.7 Å². The van der Waals surface area contributed by atoms with E-state index in [0.717, 1.165) is 18.0 Å². The Morgan fingerprint density at radius 3 is 2.68 bits per heavy atom. The Balaban J connectivity index is 0.00000242. The smallest absolute Gasteiger partial charge is 0.387 e. The molecule has 0 unspecified atom stereocenters. The zero-order valence-corrected chi connectivity index (χ0v) is 15.1. The summed E-state index contributed by atoms with van der Waals surface area (Å²) in [4.78, 5) is 4.12. The fourth-order valence-electron chi connectivity index (χ4n) is 2.02. The zero-order chi connectivity index (χ0) is 15.2. The molecule has 1 aromatic rings. The molecule has 1 aliphatic rings. The molecule has 0 aromatic heterocycles. The maximum absolute atomic E-state index is 12.4. The first-order valence-corrected chi connectivity index (χ1v) is 7.07. The topological polar surface area (TPSA) is 45.7 Å². The minimum atomic E-state index is -2.82. The van der Waals surface area contributed by atoms with Crippen LogP contribution < -0.4 is 15.4 Å². The van der Waals surface area contributed by atoms with Gasteiger partial charge in [0.05, 0.1) is 0 Å². The molecule has 0 heterocycles. The largest absolute Gasteiger partial charge is 0.434 e. The van der Waals surface area contributed by atoms with Crippen molar-refractivity contribution in [2.24, 2.45) is 10.9 Å². The van der Waals surface area contributed by atoms with Crippen LogP contribution in [-0.2, 0) is 6.54 Å². The van der Waals surface area contributed by atoms with Crippen LogP contribution in [-0.4, -0.2) is 26.2 Å². The van der Waals surface area contributed by atoms with Crippen molar-refractivity contribution >= 4 is 29.9 Å². The molecule has 1 saturated carbocycles. The first-order chi connectivity index (χ1) is 10.1. The van der Waals surface area contributed by atoms with Gasteiger partial charge in [-0.1, -0.05) is 17.7 Å². The molecule has 7 heteroatoms. The lowest BCUT2D eigenvalue weighted by Gasteiger charge is -2.15. The van der Waals surface area contributed by atoms with Crippen molar-refractivity contribution in [3.05, 3.63) is 29.3 Å². The molecule has 0 saturated heterocycles. The molecule has 2 rings (SSSR count). The first-order valence-electron chi connectivity index (χ1n) is 7.07. The minimum absolute atomic E-state index is 0. The Bertz CT molecular complexity index is 508. The number of alkyl halides is 2. The number of nitrogens with zero attached hydrogens (tertiary/aromatic N) is 1. The van der Waals surface area contributed by atoms with Gasteiger partial charge in [-0.3, -0.25) is 4.99 Å². The molecule has 0 aliphatic heterocycles. The lowest BCUT2D eigenvalue weighted by molar-refractivity contribution is -0.0504. The van der Waals surface area contributed by atoms with Crippen LogP contribution in [0.15, 0.2) is 23.2 Å².